The fourth-order valence-corrected chi connectivity index (χ4v) is 7.53. The lowest BCUT2D eigenvalue weighted by Crippen LogP contribution is -2.29. The van der Waals surface area contributed by atoms with Gasteiger partial charge in [-0.2, -0.15) is 0 Å². The van der Waals surface area contributed by atoms with Crippen molar-refractivity contribution in [2.45, 2.75) is 186 Å². The summed E-state index contributed by atoms with van der Waals surface area (Å²) in [6.45, 7) is 3.88. The van der Waals surface area contributed by atoms with Crippen molar-refractivity contribution in [3.8, 4) is 0 Å². The summed E-state index contributed by atoms with van der Waals surface area (Å²) in [6.07, 6.45) is 26.0. The third-order valence-corrected chi connectivity index (χ3v) is 11.2. The first-order valence-electron chi connectivity index (χ1n) is 21.4. The van der Waals surface area contributed by atoms with Crippen LogP contribution in [0.3, 0.4) is 0 Å². The number of unbranched alkanes of at least 4 members (excludes halogenated alkanes) is 15. The molecule has 1 aliphatic carbocycles. The zero-order valence-corrected chi connectivity index (χ0v) is 35.1. The topological polar surface area (TPSA) is 170 Å². The molecule has 3 N–H and O–H groups in total. The molecule has 12 nitrogen and oxygen atoms in total. The van der Waals surface area contributed by atoms with E-state index in [2.05, 4.69) is 31.3 Å². The van der Waals surface area contributed by atoms with E-state index in [1.54, 1.807) is 7.05 Å². The monoisotopic (exact) mass is 799 g/mol. The summed E-state index contributed by atoms with van der Waals surface area (Å²) in [5.41, 5.74) is 0.625. The molecular formula is C42H74NO11P. The number of aliphatic hydroxyl groups is 1. The second kappa shape index (κ2) is 30.2. The van der Waals surface area contributed by atoms with Crippen molar-refractivity contribution in [2.75, 3.05) is 33.4 Å². The lowest BCUT2D eigenvalue weighted by molar-refractivity contribution is -0.161. The number of esters is 2. The van der Waals surface area contributed by atoms with Crippen LogP contribution in [0.4, 0.5) is 0 Å². The molecule has 0 aromatic heterocycles. The predicted octanol–water partition coefficient (Wildman–Crippen LogP) is 8.62. The fourth-order valence-electron chi connectivity index (χ4n) is 6.78. The largest absolute Gasteiger partial charge is 0.472 e. The smallest absolute Gasteiger partial charge is 0.462 e. The molecule has 1 aliphatic heterocycles. The summed E-state index contributed by atoms with van der Waals surface area (Å²) < 4.78 is 39.0. The molecule has 2 rings (SSSR count). The molecule has 2 aliphatic rings. The molecule has 55 heavy (non-hydrogen) atoms. The average molecular weight is 800 g/mol. The van der Waals surface area contributed by atoms with Crippen molar-refractivity contribution in [2.24, 2.45) is 5.92 Å². The van der Waals surface area contributed by atoms with E-state index in [1.165, 1.54) is 64.2 Å². The van der Waals surface area contributed by atoms with Gasteiger partial charge in [0.1, 0.15) is 12.7 Å². The van der Waals surface area contributed by atoms with Gasteiger partial charge in [0.25, 0.3) is 0 Å². The van der Waals surface area contributed by atoms with Crippen LogP contribution in [0.2, 0.25) is 0 Å². The van der Waals surface area contributed by atoms with E-state index in [4.69, 9.17) is 23.3 Å². The van der Waals surface area contributed by atoms with Crippen LogP contribution in [0, 0.1) is 5.92 Å². The van der Waals surface area contributed by atoms with Crippen LogP contribution in [0.15, 0.2) is 23.8 Å². The SMILES string of the molecule is CCCCC/C=C\CC1/C(=C\C2OC2CCCC(=O)OC(COC(=O)CCCCCCCCCCCCCCC)COP(=O)(O)OCCNC)C(=O)CC1O. The quantitative estimate of drug-likeness (QED) is 0.0140. The van der Waals surface area contributed by atoms with E-state index < -0.39 is 38.6 Å². The number of hydrogen-bond donors (Lipinski definition) is 3. The van der Waals surface area contributed by atoms with Crippen molar-refractivity contribution >= 4 is 25.5 Å². The van der Waals surface area contributed by atoms with E-state index >= 15 is 0 Å². The highest BCUT2D eigenvalue weighted by Crippen LogP contribution is 2.43. The van der Waals surface area contributed by atoms with Gasteiger partial charge in [-0.1, -0.05) is 116 Å². The summed E-state index contributed by atoms with van der Waals surface area (Å²) in [5.74, 6) is -1.28. The molecule has 2 fully saturated rings. The highest BCUT2D eigenvalue weighted by molar-refractivity contribution is 7.47. The Labute approximate surface area is 331 Å². The number of nitrogens with one attached hydrogen (secondary N) is 1. The molecule has 0 radical (unpaired) electrons. The molecule has 0 aromatic carbocycles. The minimum absolute atomic E-state index is 0.0467. The molecular weight excluding hydrogens is 725 g/mol. The number of ketones is 1. The molecule has 1 heterocycles. The maximum Gasteiger partial charge on any atom is 0.472 e. The van der Waals surface area contributed by atoms with E-state index in [1.807, 2.05) is 6.08 Å². The van der Waals surface area contributed by atoms with Crippen LogP contribution >= 0.6 is 7.82 Å². The molecule has 318 valence electrons. The number of phosphoric acid groups is 1. The molecule has 0 aromatic rings. The van der Waals surface area contributed by atoms with E-state index in [-0.39, 0.29) is 56.4 Å². The summed E-state index contributed by atoms with van der Waals surface area (Å²) in [6, 6.07) is 0. The molecule has 1 saturated heterocycles. The van der Waals surface area contributed by atoms with Gasteiger partial charge in [-0.3, -0.25) is 23.4 Å². The Kier molecular flexibility index (Phi) is 27.0. The Hall–Kier alpha value is -1.92. The minimum atomic E-state index is -4.42. The molecule has 6 atom stereocenters. The highest BCUT2D eigenvalue weighted by Gasteiger charge is 2.42. The van der Waals surface area contributed by atoms with Crippen LogP contribution in [0.1, 0.15) is 162 Å². The molecule has 0 bridgehead atoms. The maximum absolute atomic E-state index is 12.8. The molecule has 0 amide bonds. The van der Waals surface area contributed by atoms with Gasteiger partial charge in [0.15, 0.2) is 11.9 Å². The Morgan fingerprint density at radius 1 is 0.855 bits per heavy atom. The van der Waals surface area contributed by atoms with Gasteiger partial charge in [-0.25, -0.2) is 4.57 Å². The molecule has 6 unspecified atom stereocenters. The van der Waals surface area contributed by atoms with Crippen LogP contribution in [-0.4, -0.2) is 85.6 Å². The number of allylic oxidation sites excluding steroid dienone is 2. The third-order valence-electron chi connectivity index (χ3n) is 10.2. The number of likely N-dealkylation sites (N-methyl/N-ethyl adjacent to an activating group) is 1. The lowest BCUT2D eigenvalue weighted by atomic mass is 9.95. The normalized spacial score (nSPS) is 22.0. The lowest BCUT2D eigenvalue weighted by Gasteiger charge is -2.20. The zero-order valence-electron chi connectivity index (χ0n) is 34.2. The van der Waals surface area contributed by atoms with E-state index in [0.717, 1.165) is 38.5 Å². The number of epoxide rings is 1. The van der Waals surface area contributed by atoms with E-state index in [9.17, 15) is 28.9 Å². The second-order valence-corrected chi connectivity index (χ2v) is 16.6. The van der Waals surface area contributed by atoms with Crippen LogP contribution in [0.5, 0.6) is 0 Å². The number of phosphoric ester groups is 1. The third kappa shape index (κ3) is 23.8. The predicted molar refractivity (Wildman–Crippen MR) is 214 cm³/mol. The van der Waals surface area contributed by atoms with Gasteiger partial charge in [0.2, 0.25) is 0 Å². The van der Waals surface area contributed by atoms with Crippen LogP contribution in [-0.2, 0) is 42.2 Å². The number of Topliss-reactive ketones (excluding diaryl/α,β-unsaturated/α-hetero) is 1. The summed E-state index contributed by atoms with van der Waals surface area (Å²) in [7, 11) is -2.74. The van der Waals surface area contributed by atoms with Gasteiger partial charge in [-0.15, -0.1) is 0 Å². The number of hydrogen-bond acceptors (Lipinski definition) is 11. The van der Waals surface area contributed by atoms with Crippen molar-refractivity contribution in [3.63, 3.8) is 0 Å². The van der Waals surface area contributed by atoms with Gasteiger partial charge < -0.3 is 29.5 Å². The van der Waals surface area contributed by atoms with E-state index in [0.29, 0.717) is 37.8 Å². The molecule has 13 heteroatoms. The Morgan fingerprint density at radius 3 is 2.13 bits per heavy atom. The first kappa shape index (κ1) is 49.2. The first-order chi connectivity index (χ1) is 26.6. The maximum atomic E-state index is 12.8. The first-order valence-corrected chi connectivity index (χ1v) is 22.9. The van der Waals surface area contributed by atoms with Crippen molar-refractivity contribution in [3.05, 3.63) is 23.8 Å². The number of aliphatic hydroxyl groups excluding tert-OH is 1. The molecule has 1 saturated carbocycles. The fraction of sp³-hybridized carbons (Fsp3) is 0.833. The number of carbonyl (C=O) groups excluding carboxylic acids is 3. The van der Waals surface area contributed by atoms with Crippen molar-refractivity contribution in [1.29, 1.82) is 0 Å². The minimum Gasteiger partial charge on any atom is -0.462 e. The summed E-state index contributed by atoms with van der Waals surface area (Å²) >= 11 is 0. The zero-order chi connectivity index (χ0) is 40.2. The van der Waals surface area contributed by atoms with Crippen LogP contribution in [0.25, 0.3) is 0 Å². The average Bonchev–Trinajstić information content (AvgIpc) is 3.84. The Bertz CT molecular complexity index is 1180. The number of carbonyl (C=O) groups is 3. The van der Waals surface area contributed by atoms with Crippen LogP contribution < -0.4 is 5.32 Å². The van der Waals surface area contributed by atoms with Gasteiger partial charge in [0, 0.05) is 31.7 Å². The van der Waals surface area contributed by atoms with Gasteiger partial charge in [-0.05, 0) is 57.2 Å². The Morgan fingerprint density at radius 2 is 1.47 bits per heavy atom. The second-order valence-electron chi connectivity index (χ2n) is 15.1. The number of rotatable bonds is 35. The van der Waals surface area contributed by atoms with Crippen molar-refractivity contribution in [1.82, 2.24) is 5.32 Å². The summed E-state index contributed by atoms with van der Waals surface area (Å²) in [4.78, 5) is 47.9. The van der Waals surface area contributed by atoms with Gasteiger partial charge in [0.05, 0.1) is 25.4 Å². The number of ether oxygens (including phenoxy) is 3. The Balaban J connectivity index is 1.73. The summed E-state index contributed by atoms with van der Waals surface area (Å²) in [5, 5.41) is 13.3. The standard InChI is InChI=1S/C42H74NO11P/c1-4-6-8-10-12-13-14-15-16-17-18-20-22-26-41(46)50-32-34(33-52-55(48,49)51-29-28-43-3)53-42(47)27-23-25-39-40(54-39)30-36-35(37(44)31-38(36)45)24-21-19-11-9-7-5-2/h19,21,30,34-35,37,39-40,43-44H,4-18,20,22-29,31-33H2,1-3H3,(H,48,49)/b21-19-,36-30+. The highest BCUT2D eigenvalue weighted by atomic mass is 31.2. The van der Waals surface area contributed by atoms with Gasteiger partial charge >= 0.3 is 19.8 Å². The molecule has 0 spiro atoms. The van der Waals surface area contributed by atoms with Crippen molar-refractivity contribution < 1.29 is 52.2 Å².